The molecule has 1 heterocycles. The van der Waals surface area contributed by atoms with Gasteiger partial charge in [-0.25, -0.2) is 9.18 Å². The molecule has 0 radical (unpaired) electrons. The summed E-state index contributed by atoms with van der Waals surface area (Å²) in [6.07, 6.45) is 0. The molecule has 0 aliphatic rings. The molecule has 6 heteroatoms. The predicted molar refractivity (Wildman–Crippen MR) is 58.6 cm³/mol. The van der Waals surface area contributed by atoms with Crippen molar-refractivity contribution in [3.05, 3.63) is 40.4 Å². The fraction of sp³-hybridized carbons (Fsp3) is 0.0909. The second-order valence-corrected chi connectivity index (χ2v) is 3.85. The van der Waals surface area contributed by atoms with Crippen molar-refractivity contribution in [2.24, 2.45) is 0 Å². The Hall–Kier alpha value is -1.88. The smallest absolute Gasteiger partial charge is 0.374 e. The summed E-state index contributed by atoms with van der Waals surface area (Å²) in [5.74, 6) is -2.06. The van der Waals surface area contributed by atoms with Crippen LogP contribution in [0.1, 0.15) is 16.1 Å². The van der Waals surface area contributed by atoms with E-state index >= 15 is 0 Å². The van der Waals surface area contributed by atoms with Crippen LogP contribution in [0.3, 0.4) is 0 Å². The average molecular weight is 256 g/mol. The van der Waals surface area contributed by atoms with Crippen molar-refractivity contribution < 1.29 is 18.8 Å². The van der Waals surface area contributed by atoms with E-state index in [4.69, 9.17) is 16.7 Å². The fourth-order valence-corrected chi connectivity index (χ4v) is 1.62. The molecule has 0 aliphatic carbocycles. The van der Waals surface area contributed by atoms with Crippen molar-refractivity contribution >= 4 is 17.6 Å². The average Bonchev–Trinajstić information content (AvgIpc) is 2.72. The minimum atomic E-state index is -1.23. The maximum atomic E-state index is 13.2. The van der Waals surface area contributed by atoms with Gasteiger partial charge in [0.2, 0.25) is 5.76 Å². The first-order chi connectivity index (χ1) is 7.99. The summed E-state index contributed by atoms with van der Waals surface area (Å²) in [6, 6.07) is 3.63. The minimum absolute atomic E-state index is 0.237. The third-order valence-electron chi connectivity index (χ3n) is 2.31. The lowest BCUT2D eigenvalue weighted by Crippen LogP contribution is -1.92. The molecular weight excluding hydrogens is 249 g/mol. The molecule has 1 aromatic heterocycles. The summed E-state index contributed by atoms with van der Waals surface area (Å²) in [6.45, 7) is 1.69. The van der Waals surface area contributed by atoms with Crippen molar-refractivity contribution in [3.63, 3.8) is 0 Å². The lowest BCUT2D eigenvalue weighted by molar-refractivity contribution is 0.0652. The first-order valence-electron chi connectivity index (χ1n) is 4.65. The van der Waals surface area contributed by atoms with Crippen molar-refractivity contribution in [3.8, 4) is 11.3 Å². The molecular formula is C11H7ClFNO3. The summed E-state index contributed by atoms with van der Waals surface area (Å²) < 4.78 is 17.8. The first-order valence-corrected chi connectivity index (χ1v) is 5.03. The zero-order valence-corrected chi connectivity index (χ0v) is 9.45. The number of carboxylic acid groups (broad SMARTS) is 1. The van der Waals surface area contributed by atoms with E-state index in [0.29, 0.717) is 11.1 Å². The molecule has 2 aromatic rings. The lowest BCUT2D eigenvalue weighted by Gasteiger charge is -2.04. The quantitative estimate of drug-likeness (QED) is 0.895. The summed E-state index contributed by atoms with van der Waals surface area (Å²) in [7, 11) is 0. The highest BCUT2D eigenvalue weighted by molar-refractivity contribution is 6.31. The van der Waals surface area contributed by atoms with Gasteiger partial charge < -0.3 is 9.63 Å². The topological polar surface area (TPSA) is 63.3 Å². The van der Waals surface area contributed by atoms with Gasteiger partial charge in [-0.1, -0.05) is 16.8 Å². The normalized spacial score (nSPS) is 10.5. The third-order valence-corrected chi connectivity index (χ3v) is 2.70. The Morgan fingerprint density at radius 1 is 1.47 bits per heavy atom. The van der Waals surface area contributed by atoms with Gasteiger partial charge in [-0.3, -0.25) is 0 Å². The Bertz CT molecular complexity index is 594. The van der Waals surface area contributed by atoms with Gasteiger partial charge in [-0.15, -0.1) is 0 Å². The third kappa shape index (κ3) is 2.14. The Morgan fingerprint density at radius 3 is 2.76 bits per heavy atom. The van der Waals surface area contributed by atoms with E-state index in [1.165, 1.54) is 18.2 Å². The standard InChI is InChI=1S/C11H7ClFNO3/c1-5-7(2-6(13)3-8(5)12)9-4-10(11(15)16)17-14-9/h2-4H,1H3,(H,15,16). The molecule has 0 saturated heterocycles. The second kappa shape index (κ2) is 4.18. The van der Waals surface area contributed by atoms with E-state index < -0.39 is 11.8 Å². The lowest BCUT2D eigenvalue weighted by atomic mass is 10.1. The van der Waals surface area contributed by atoms with E-state index in [1.54, 1.807) is 6.92 Å². The van der Waals surface area contributed by atoms with Crippen LogP contribution in [-0.4, -0.2) is 16.2 Å². The second-order valence-electron chi connectivity index (χ2n) is 3.44. The maximum absolute atomic E-state index is 13.2. The van der Waals surface area contributed by atoms with E-state index in [0.717, 1.165) is 0 Å². The highest BCUT2D eigenvalue weighted by Crippen LogP contribution is 2.29. The molecule has 0 atom stereocenters. The number of nitrogens with zero attached hydrogens (tertiary/aromatic N) is 1. The molecule has 0 unspecified atom stereocenters. The monoisotopic (exact) mass is 255 g/mol. The van der Waals surface area contributed by atoms with E-state index in [1.807, 2.05) is 0 Å². The van der Waals surface area contributed by atoms with Crippen molar-refractivity contribution in [2.75, 3.05) is 0 Å². The minimum Gasteiger partial charge on any atom is -0.475 e. The van der Waals surface area contributed by atoms with Gasteiger partial charge >= 0.3 is 5.97 Å². The van der Waals surface area contributed by atoms with Crippen LogP contribution in [0.2, 0.25) is 5.02 Å². The van der Waals surface area contributed by atoms with E-state index in [9.17, 15) is 9.18 Å². The van der Waals surface area contributed by atoms with Crippen molar-refractivity contribution in [1.29, 1.82) is 0 Å². The van der Waals surface area contributed by atoms with Crippen LogP contribution in [0.15, 0.2) is 22.7 Å². The number of carboxylic acids is 1. The van der Waals surface area contributed by atoms with Crippen molar-refractivity contribution in [1.82, 2.24) is 5.16 Å². The van der Waals surface area contributed by atoms with E-state index in [-0.39, 0.29) is 16.5 Å². The molecule has 1 N–H and O–H groups in total. The van der Waals surface area contributed by atoms with Crippen LogP contribution < -0.4 is 0 Å². The molecule has 0 fully saturated rings. The molecule has 0 bridgehead atoms. The first kappa shape index (κ1) is 11.6. The van der Waals surface area contributed by atoms with Crippen LogP contribution >= 0.6 is 11.6 Å². The summed E-state index contributed by atoms with van der Waals surface area (Å²) in [5, 5.41) is 12.5. The Labute approximate surface area is 101 Å². The number of aromatic nitrogens is 1. The number of hydrogen-bond acceptors (Lipinski definition) is 3. The van der Waals surface area contributed by atoms with Crippen LogP contribution in [0.5, 0.6) is 0 Å². The van der Waals surface area contributed by atoms with E-state index in [2.05, 4.69) is 9.68 Å². The van der Waals surface area contributed by atoms with Gasteiger partial charge in [0.1, 0.15) is 11.5 Å². The van der Waals surface area contributed by atoms with Crippen LogP contribution in [0, 0.1) is 12.7 Å². The molecule has 1 aromatic carbocycles. The zero-order valence-electron chi connectivity index (χ0n) is 8.70. The van der Waals surface area contributed by atoms with Gasteiger partial charge in [0.15, 0.2) is 0 Å². The zero-order chi connectivity index (χ0) is 12.6. The highest BCUT2D eigenvalue weighted by Gasteiger charge is 2.15. The molecule has 0 aliphatic heterocycles. The number of halogens is 2. The maximum Gasteiger partial charge on any atom is 0.374 e. The number of carbonyl (C=O) groups is 1. The van der Waals surface area contributed by atoms with Crippen LogP contribution in [-0.2, 0) is 0 Å². The fourth-order valence-electron chi connectivity index (χ4n) is 1.41. The van der Waals surface area contributed by atoms with Crippen LogP contribution in [0.4, 0.5) is 4.39 Å². The van der Waals surface area contributed by atoms with Gasteiger partial charge in [-0.2, -0.15) is 0 Å². The molecule has 4 nitrogen and oxygen atoms in total. The summed E-state index contributed by atoms with van der Waals surface area (Å²) in [5.41, 5.74) is 1.26. The van der Waals surface area contributed by atoms with Gasteiger partial charge in [0.05, 0.1) is 0 Å². The number of rotatable bonds is 2. The SMILES string of the molecule is Cc1c(Cl)cc(F)cc1-c1cc(C(=O)O)on1. The van der Waals surface area contributed by atoms with Gasteiger partial charge in [0.25, 0.3) is 0 Å². The van der Waals surface area contributed by atoms with Crippen molar-refractivity contribution in [2.45, 2.75) is 6.92 Å². The van der Waals surface area contributed by atoms with Gasteiger partial charge in [-0.05, 0) is 24.6 Å². The van der Waals surface area contributed by atoms with Crippen LogP contribution in [0.25, 0.3) is 11.3 Å². The Balaban J connectivity index is 2.56. The highest BCUT2D eigenvalue weighted by atomic mass is 35.5. The number of hydrogen-bond donors (Lipinski definition) is 1. The molecule has 88 valence electrons. The Morgan fingerprint density at radius 2 is 2.18 bits per heavy atom. The largest absolute Gasteiger partial charge is 0.475 e. The predicted octanol–water partition coefficient (Wildman–Crippen LogP) is 3.14. The summed E-state index contributed by atoms with van der Waals surface area (Å²) >= 11 is 5.82. The molecule has 0 amide bonds. The molecule has 0 spiro atoms. The molecule has 17 heavy (non-hydrogen) atoms. The Kier molecular flexibility index (Phi) is 2.85. The number of aromatic carboxylic acids is 1. The number of benzene rings is 1. The summed E-state index contributed by atoms with van der Waals surface area (Å²) in [4.78, 5) is 10.6. The molecule has 0 saturated carbocycles. The van der Waals surface area contributed by atoms with Gasteiger partial charge in [0, 0.05) is 16.7 Å². The molecule has 2 rings (SSSR count).